The van der Waals surface area contributed by atoms with Crippen molar-refractivity contribution in [3.8, 4) is 10.6 Å². The van der Waals surface area contributed by atoms with Crippen LogP contribution >= 0.6 is 23.1 Å². The van der Waals surface area contributed by atoms with Gasteiger partial charge in [-0.2, -0.15) is 0 Å². The van der Waals surface area contributed by atoms with Gasteiger partial charge in [0.05, 0.1) is 16.0 Å². The van der Waals surface area contributed by atoms with Crippen LogP contribution in [-0.4, -0.2) is 31.4 Å². The van der Waals surface area contributed by atoms with Gasteiger partial charge >= 0.3 is 0 Å². The summed E-state index contributed by atoms with van der Waals surface area (Å²) in [5, 5.41) is 13.6. The molecule has 8 heteroatoms. The number of fused-ring (bicyclic) bond motifs is 1. The maximum atomic E-state index is 12.6. The summed E-state index contributed by atoms with van der Waals surface area (Å²) < 4.78 is 3.31. The first-order chi connectivity index (χ1) is 17.1. The maximum Gasteiger partial charge on any atom is 0.234 e. The van der Waals surface area contributed by atoms with Crippen LogP contribution < -0.4 is 5.32 Å². The molecule has 2 aromatic heterocycles. The number of anilines is 1. The molecule has 1 saturated carbocycles. The van der Waals surface area contributed by atoms with Gasteiger partial charge in [0.25, 0.3) is 0 Å². The predicted octanol–water partition coefficient (Wildman–Crippen LogP) is 6.83. The molecule has 1 amide bonds. The van der Waals surface area contributed by atoms with E-state index in [0.717, 1.165) is 45.6 Å². The standard InChI is InChI=1S/C27H29N5OS2/c1-3-15-32-25(19-7-5-4-6-8-19)30-31-27(32)34-17-24(33)28-21-12-10-20(11-13-21)26-29-22-14-9-18(2)16-23(22)35-26/h3,9-14,16,19H,1,4-8,15,17H2,2H3,(H,28,33). The van der Waals surface area contributed by atoms with Gasteiger partial charge in [0.2, 0.25) is 5.91 Å². The average molecular weight is 504 g/mol. The van der Waals surface area contributed by atoms with Gasteiger partial charge in [-0.3, -0.25) is 4.79 Å². The van der Waals surface area contributed by atoms with Crippen LogP contribution in [0.15, 0.2) is 60.3 Å². The molecule has 0 unspecified atom stereocenters. The Morgan fingerprint density at radius 3 is 2.74 bits per heavy atom. The largest absolute Gasteiger partial charge is 0.325 e. The lowest BCUT2D eigenvalue weighted by Gasteiger charge is -2.21. The van der Waals surface area contributed by atoms with Crippen molar-refractivity contribution >= 4 is 44.9 Å². The number of hydrogen-bond acceptors (Lipinski definition) is 6. The lowest BCUT2D eigenvalue weighted by atomic mass is 9.89. The van der Waals surface area contributed by atoms with Gasteiger partial charge in [-0.25, -0.2) is 4.98 Å². The second kappa shape index (κ2) is 10.7. The van der Waals surface area contributed by atoms with Gasteiger partial charge in [0, 0.05) is 23.7 Å². The molecule has 0 bridgehead atoms. The molecule has 6 nitrogen and oxygen atoms in total. The summed E-state index contributed by atoms with van der Waals surface area (Å²) in [5.41, 5.74) is 4.06. The van der Waals surface area contributed by atoms with E-state index < -0.39 is 0 Å². The summed E-state index contributed by atoms with van der Waals surface area (Å²) in [6.45, 7) is 6.64. The minimum absolute atomic E-state index is 0.0643. The quantitative estimate of drug-likeness (QED) is 0.211. The van der Waals surface area contributed by atoms with Crippen molar-refractivity contribution in [2.24, 2.45) is 0 Å². The average Bonchev–Trinajstić information content (AvgIpc) is 3.48. The molecule has 1 aliphatic carbocycles. The Kier molecular flexibility index (Phi) is 7.29. The number of nitrogens with one attached hydrogen (secondary N) is 1. The van der Waals surface area contributed by atoms with E-state index in [1.54, 1.807) is 11.3 Å². The first-order valence-electron chi connectivity index (χ1n) is 12.0. The molecule has 180 valence electrons. The Bertz CT molecular complexity index is 1340. The molecule has 1 aliphatic rings. The van der Waals surface area contributed by atoms with Crippen molar-refractivity contribution in [1.82, 2.24) is 19.7 Å². The molecule has 0 aliphatic heterocycles. The summed E-state index contributed by atoms with van der Waals surface area (Å²) in [4.78, 5) is 17.4. The maximum absolute atomic E-state index is 12.6. The highest BCUT2D eigenvalue weighted by Gasteiger charge is 2.23. The van der Waals surface area contributed by atoms with Crippen molar-refractivity contribution in [1.29, 1.82) is 0 Å². The highest BCUT2D eigenvalue weighted by Crippen LogP contribution is 2.34. The van der Waals surface area contributed by atoms with Crippen LogP contribution in [0.25, 0.3) is 20.8 Å². The molecule has 4 aromatic rings. The Morgan fingerprint density at radius 2 is 1.97 bits per heavy atom. The molecule has 0 saturated heterocycles. The van der Waals surface area contributed by atoms with Gasteiger partial charge < -0.3 is 9.88 Å². The molecule has 1 fully saturated rings. The van der Waals surface area contributed by atoms with Crippen molar-refractivity contribution in [3.05, 3.63) is 66.5 Å². The monoisotopic (exact) mass is 503 g/mol. The van der Waals surface area contributed by atoms with Crippen LogP contribution in [0.3, 0.4) is 0 Å². The zero-order valence-electron chi connectivity index (χ0n) is 19.9. The van der Waals surface area contributed by atoms with Crippen molar-refractivity contribution < 1.29 is 4.79 Å². The molecule has 0 radical (unpaired) electrons. The highest BCUT2D eigenvalue weighted by atomic mass is 32.2. The van der Waals surface area contributed by atoms with Gasteiger partial charge in [-0.15, -0.1) is 28.1 Å². The summed E-state index contributed by atoms with van der Waals surface area (Å²) in [7, 11) is 0. The number of thioether (sulfide) groups is 1. The van der Waals surface area contributed by atoms with Crippen LogP contribution in [0, 0.1) is 6.92 Å². The first-order valence-corrected chi connectivity index (χ1v) is 13.8. The van der Waals surface area contributed by atoms with Gasteiger partial charge in [-0.05, 0) is 61.7 Å². The topological polar surface area (TPSA) is 72.7 Å². The molecule has 2 heterocycles. The number of carbonyl (C=O) groups excluding carboxylic acids is 1. The fraction of sp³-hybridized carbons (Fsp3) is 0.333. The summed E-state index contributed by atoms with van der Waals surface area (Å²) in [6, 6.07) is 14.2. The van der Waals surface area contributed by atoms with Crippen molar-refractivity contribution in [3.63, 3.8) is 0 Å². The minimum atomic E-state index is -0.0643. The predicted molar refractivity (Wildman–Crippen MR) is 145 cm³/mol. The smallest absolute Gasteiger partial charge is 0.234 e. The summed E-state index contributed by atoms with van der Waals surface area (Å²) in [5.74, 6) is 1.70. The fourth-order valence-electron chi connectivity index (χ4n) is 4.55. The minimum Gasteiger partial charge on any atom is -0.325 e. The number of rotatable bonds is 8. The fourth-order valence-corrected chi connectivity index (χ4v) is 6.37. The van der Waals surface area contributed by atoms with E-state index in [9.17, 15) is 4.79 Å². The lowest BCUT2D eigenvalue weighted by Crippen LogP contribution is -2.15. The van der Waals surface area contributed by atoms with Gasteiger partial charge in [-0.1, -0.05) is 43.2 Å². The van der Waals surface area contributed by atoms with Crippen LogP contribution in [-0.2, 0) is 11.3 Å². The number of carbonyl (C=O) groups is 1. The zero-order valence-corrected chi connectivity index (χ0v) is 21.5. The first kappa shape index (κ1) is 23.8. The molecular weight excluding hydrogens is 474 g/mol. The van der Waals surface area contributed by atoms with Gasteiger partial charge in [0.15, 0.2) is 5.16 Å². The number of hydrogen-bond donors (Lipinski definition) is 1. The van der Waals surface area contributed by atoms with E-state index in [1.807, 2.05) is 30.3 Å². The van der Waals surface area contributed by atoms with Gasteiger partial charge in [0.1, 0.15) is 10.8 Å². The third-order valence-corrected chi connectivity index (χ3v) is 8.35. The number of amides is 1. The Morgan fingerprint density at radius 1 is 1.17 bits per heavy atom. The van der Waals surface area contributed by atoms with Crippen LogP contribution in [0.4, 0.5) is 5.69 Å². The summed E-state index contributed by atoms with van der Waals surface area (Å²) >= 11 is 3.11. The third kappa shape index (κ3) is 5.49. The van der Waals surface area contributed by atoms with E-state index >= 15 is 0 Å². The van der Waals surface area contributed by atoms with E-state index in [-0.39, 0.29) is 11.7 Å². The van der Waals surface area contributed by atoms with E-state index in [1.165, 1.54) is 41.3 Å². The lowest BCUT2D eigenvalue weighted by molar-refractivity contribution is -0.113. The molecule has 35 heavy (non-hydrogen) atoms. The molecule has 5 rings (SSSR count). The number of benzene rings is 2. The molecule has 2 aromatic carbocycles. The Hall–Kier alpha value is -2.97. The number of allylic oxidation sites excluding steroid dienone is 1. The van der Waals surface area contributed by atoms with Crippen LogP contribution in [0.2, 0.25) is 0 Å². The number of nitrogens with zero attached hydrogens (tertiary/aromatic N) is 4. The molecule has 0 atom stereocenters. The molecular formula is C27H29N5OS2. The second-order valence-corrected chi connectivity index (χ2v) is 11.0. The zero-order chi connectivity index (χ0) is 24.2. The summed E-state index contributed by atoms with van der Waals surface area (Å²) in [6.07, 6.45) is 7.98. The number of aryl methyl sites for hydroxylation is 1. The third-order valence-electron chi connectivity index (χ3n) is 6.32. The Balaban J connectivity index is 1.21. The van der Waals surface area contributed by atoms with Crippen LogP contribution in [0.5, 0.6) is 0 Å². The van der Waals surface area contributed by atoms with E-state index in [0.29, 0.717) is 12.5 Å². The van der Waals surface area contributed by atoms with E-state index in [4.69, 9.17) is 4.98 Å². The molecule has 0 spiro atoms. The Labute approximate surface area is 213 Å². The van der Waals surface area contributed by atoms with Crippen LogP contribution in [0.1, 0.15) is 49.4 Å². The second-order valence-electron chi connectivity index (χ2n) is 8.98. The normalized spacial score (nSPS) is 14.3. The number of aromatic nitrogens is 4. The SMILES string of the molecule is C=CCn1c(SCC(=O)Nc2ccc(-c3nc4ccc(C)cc4s3)cc2)nnc1C1CCCCC1. The highest BCUT2D eigenvalue weighted by molar-refractivity contribution is 7.99. The number of thiazole rings is 1. The van der Waals surface area contributed by atoms with E-state index in [2.05, 4.69) is 51.8 Å². The van der Waals surface area contributed by atoms with Crippen molar-refractivity contribution in [2.75, 3.05) is 11.1 Å². The van der Waals surface area contributed by atoms with Crippen molar-refractivity contribution in [2.45, 2.75) is 56.6 Å². The molecule has 1 N–H and O–H groups in total.